The molecule has 0 spiro atoms. The molecule has 1 fully saturated rings. The van der Waals surface area contributed by atoms with Crippen LogP contribution in [0.25, 0.3) is 11.1 Å². The Morgan fingerprint density at radius 2 is 1.68 bits per heavy atom. The highest BCUT2D eigenvalue weighted by molar-refractivity contribution is 5.94. The summed E-state index contributed by atoms with van der Waals surface area (Å²) in [6.07, 6.45) is 8.04. The number of nitrogens with one attached hydrogen (secondary N) is 1. The van der Waals surface area contributed by atoms with Gasteiger partial charge in [0.2, 0.25) is 0 Å². The second kappa shape index (κ2) is 8.65. The molecule has 0 unspecified atom stereocenters. The first-order valence-corrected chi connectivity index (χ1v) is 9.37. The van der Waals surface area contributed by atoms with Gasteiger partial charge in [0.25, 0.3) is 5.91 Å². The van der Waals surface area contributed by atoms with Crippen LogP contribution in [-0.4, -0.2) is 30.5 Å². The lowest BCUT2D eigenvalue weighted by molar-refractivity contribution is 0.0953. The van der Waals surface area contributed by atoms with Crippen LogP contribution >= 0.6 is 0 Å². The monoisotopic (exact) mass is 337 g/mol. The zero-order chi connectivity index (χ0) is 17.5. The lowest BCUT2D eigenvalue weighted by Crippen LogP contribution is -2.24. The van der Waals surface area contributed by atoms with E-state index in [-0.39, 0.29) is 5.91 Å². The van der Waals surface area contributed by atoms with Crippen molar-refractivity contribution in [2.45, 2.75) is 39.0 Å². The van der Waals surface area contributed by atoms with Gasteiger partial charge in [0.05, 0.1) is 0 Å². The highest BCUT2D eigenvalue weighted by atomic mass is 16.1. The van der Waals surface area contributed by atoms with Gasteiger partial charge in [0.15, 0.2) is 0 Å². The molecule has 0 aliphatic carbocycles. The van der Waals surface area contributed by atoms with E-state index in [2.05, 4.69) is 27.3 Å². The minimum atomic E-state index is -0.0111. The van der Waals surface area contributed by atoms with Crippen molar-refractivity contribution < 1.29 is 4.79 Å². The van der Waals surface area contributed by atoms with E-state index in [0.717, 1.165) is 36.5 Å². The summed E-state index contributed by atoms with van der Waals surface area (Å²) in [4.78, 5) is 19.0. The number of aromatic nitrogens is 1. The Balaban J connectivity index is 1.68. The molecule has 1 N–H and O–H groups in total. The van der Waals surface area contributed by atoms with Gasteiger partial charge in [-0.1, -0.05) is 31.9 Å². The minimum Gasteiger partial charge on any atom is -0.357 e. The molecule has 0 bridgehead atoms. The summed E-state index contributed by atoms with van der Waals surface area (Å²) in [5.74, 6) is 1.06. The first-order chi connectivity index (χ1) is 12.3. The molecule has 1 saturated heterocycles. The van der Waals surface area contributed by atoms with Crippen LogP contribution in [0.3, 0.4) is 0 Å². The molecule has 1 aromatic carbocycles. The molecule has 25 heavy (non-hydrogen) atoms. The average Bonchev–Trinajstić information content (AvgIpc) is 2.96. The fourth-order valence-electron chi connectivity index (χ4n) is 3.20. The zero-order valence-corrected chi connectivity index (χ0v) is 15.0. The summed E-state index contributed by atoms with van der Waals surface area (Å²) in [5.41, 5.74) is 2.87. The van der Waals surface area contributed by atoms with Gasteiger partial charge in [-0.2, -0.15) is 0 Å². The number of hydrogen-bond donors (Lipinski definition) is 1. The minimum absolute atomic E-state index is 0.0111. The SMILES string of the molecule is CCCNC(=O)c1ccc(-c2ccc(N3CCCCCC3)nc2)cc1. The van der Waals surface area contributed by atoms with Gasteiger partial charge in [0.1, 0.15) is 5.82 Å². The third-order valence-electron chi connectivity index (χ3n) is 4.69. The maximum absolute atomic E-state index is 12.0. The van der Waals surface area contributed by atoms with Crippen LogP contribution in [0.5, 0.6) is 0 Å². The summed E-state index contributed by atoms with van der Waals surface area (Å²) in [5, 5.41) is 2.90. The van der Waals surface area contributed by atoms with Crippen molar-refractivity contribution >= 4 is 11.7 Å². The number of hydrogen-bond acceptors (Lipinski definition) is 3. The Morgan fingerprint density at radius 1 is 1.00 bits per heavy atom. The number of benzene rings is 1. The molecule has 4 nitrogen and oxygen atoms in total. The number of pyridine rings is 1. The van der Waals surface area contributed by atoms with Crippen molar-refractivity contribution in [2.24, 2.45) is 0 Å². The first-order valence-electron chi connectivity index (χ1n) is 9.37. The van der Waals surface area contributed by atoms with Gasteiger partial charge in [-0.3, -0.25) is 4.79 Å². The number of carbonyl (C=O) groups is 1. The van der Waals surface area contributed by atoms with E-state index in [9.17, 15) is 4.79 Å². The van der Waals surface area contributed by atoms with Crippen LogP contribution in [-0.2, 0) is 0 Å². The molecule has 1 aliphatic rings. The number of nitrogens with zero attached hydrogens (tertiary/aromatic N) is 2. The zero-order valence-electron chi connectivity index (χ0n) is 15.0. The maximum Gasteiger partial charge on any atom is 0.251 e. The lowest BCUT2D eigenvalue weighted by atomic mass is 10.1. The molecule has 4 heteroatoms. The molecule has 0 atom stereocenters. The molecule has 132 valence electrons. The first kappa shape index (κ1) is 17.5. The van der Waals surface area contributed by atoms with Crippen molar-refractivity contribution in [1.29, 1.82) is 0 Å². The largest absolute Gasteiger partial charge is 0.357 e. The molecule has 2 heterocycles. The van der Waals surface area contributed by atoms with Gasteiger partial charge in [-0.15, -0.1) is 0 Å². The molecule has 0 saturated carbocycles. The molecule has 2 aromatic rings. The predicted octanol–water partition coefficient (Wildman–Crippen LogP) is 4.27. The van der Waals surface area contributed by atoms with E-state index in [0.29, 0.717) is 12.1 Å². The molecular formula is C21H27N3O. The summed E-state index contributed by atoms with van der Waals surface area (Å²) in [6.45, 7) is 4.97. The van der Waals surface area contributed by atoms with E-state index in [1.807, 2.05) is 37.4 Å². The van der Waals surface area contributed by atoms with Crippen molar-refractivity contribution in [3.05, 3.63) is 48.2 Å². The third-order valence-corrected chi connectivity index (χ3v) is 4.69. The summed E-state index contributed by atoms with van der Waals surface area (Å²) >= 11 is 0. The Hall–Kier alpha value is -2.36. The Kier molecular flexibility index (Phi) is 6.04. The molecular weight excluding hydrogens is 310 g/mol. The van der Waals surface area contributed by atoms with Gasteiger partial charge >= 0.3 is 0 Å². The Labute approximate surface area is 150 Å². The van der Waals surface area contributed by atoms with Gasteiger partial charge in [-0.05, 0) is 49.1 Å². The smallest absolute Gasteiger partial charge is 0.251 e. The van der Waals surface area contributed by atoms with E-state index in [1.54, 1.807) is 0 Å². The number of rotatable bonds is 5. The normalized spacial score (nSPS) is 14.8. The standard InChI is InChI=1S/C21H27N3O/c1-2-13-22-21(25)18-9-7-17(8-10-18)19-11-12-20(23-16-19)24-14-5-3-4-6-15-24/h7-12,16H,2-6,13-15H2,1H3,(H,22,25). The van der Waals surface area contributed by atoms with E-state index in [4.69, 9.17) is 0 Å². The van der Waals surface area contributed by atoms with Crippen LogP contribution in [0.15, 0.2) is 42.6 Å². The molecule has 3 rings (SSSR count). The van der Waals surface area contributed by atoms with Crippen molar-refractivity contribution in [2.75, 3.05) is 24.5 Å². The topological polar surface area (TPSA) is 45.2 Å². The summed E-state index contributed by atoms with van der Waals surface area (Å²) < 4.78 is 0. The van der Waals surface area contributed by atoms with Crippen LogP contribution in [0, 0.1) is 0 Å². The Bertz CT molecular complexity index is 671. The molecule has 0 radical (unpaired) electrons. The third kappa shape index (κ3) is 4.59. The van der Waals surface area contributed by atoms with Crippen LogP contribution in [0.4, 0.5) is 5.82 Å². The summed E-state index contributed by atoms with van der Waals surface area (Å²) in [7, 11) is 0. The molecule has 1 aromatic heterocycles. The fraction of sp³-hybridized carbons (Fsp3) is 0.429. The predicted molar refractivity (Wildman–Crippen MR) is 103 cm³/mol. The van der Waals surface area contributed by atoms with E-state index >= 15 is 0 Å². The Morgan fingerprint density at radius 3 is 2.28 bits per heavy atom. The lowest BCUT2D eigenvalue weighted by Gasteiger charge is -2.21. The number of carbonyl (C=O) groups excluding carboxylic acids is 1. The average molecular weight is 337 g/mol. The number of amides is 1. The quantitative estimate of drug-likeness (QED) is 0.886. The van der Waals surface area contributed by atoms with Crippen molar-refractivity contribution in [1.82, 2.24) is 10.3 Å². The van der Waals surface area contributed by atoms with Gasteiger partial charge in [-0.25, -0.2) is 4.98 Å². The van der Waals surface area contributed by atoms with Crippen LogP contribution in [0.2, 0.25) is 0 Å². The fourth-order valence-corrected chi connectivity index (χ4v) is 3.20. The second-order valence-electron chi connectivity index (χ2n) is 6.64. The highest BCUT2D eigenvalue weighted by Gasteiger charge is 2.11. The molecule has 1 amide bonds. The highest BCUT2D eigenvalue weighted by Crippen LogP contribution is 2.23. The summed E-state index contributed by atoms with van der Waals surface area (Å²) in [6, 6.07) is 12.0. The van der Waals surface area contributed by atoms with Crippen molar-refractivity contribution in [3.8, 4) is 11.1 Å². The second-order valence-corrected chi connectivity index (χ2v) is 6.64. The van der Waals surface area contributed by atoms with Crippen molar-refractivity contribution in [3.63, 3.8) is 0 Å². The van der Waals surface area contributed by atoms with Gasteiger partial charge in [0, 0.05) is 37.0 Å². The van der Waals surface area contributed by atoms with E-state index < -0.39 is 0 Å². The maximum atomic E-state index is 12.0. The van der Waals surface area contributed by atoms with Gasteiger partial charge < -0.3 is 10.2 Å². The van der Waals surface area contributed by atoms with Crippen LogP contribution < -0.4 is 10.2 Å². The van der Waals surface area contributed by atoms with E-state index in [1.165, 1.54) is 25.7 Å². The number of anilines is 1. The molecule has 1 aliphatic heterocycles. The van der Waals surface area contributed by atoms with Crippen LogP contribution in [0.1, 0.15) is 49.4 Å².